The molecule has 6 N–H and O–H groups in total. The number of phenolic OH excluding ortho intramolecular Hbond substituents is 1. The van der Waals surface area contributed by atoms with E-state index in [1.165, 1.54) is 12.1 Å². The SMILES string of the molecule is Cc1cc(CNC[C@H](O)c2ccc(O)c3[nH]c(=O)ccc23)ccc1NC(=O)CCc1ccc(-c2ccccc2)c(NC(=O)OC2C[C@@H]3[C@H]4O[C@H]4[C@H](C2)[N+]3(C)C)c1. The molecule has 3 saturated heterocycles. The van der Waals surface area contributed by atoms with Crippen LogP contribution in [-0.4, -0.2) is 82.7 Å². The minimum atomic E-state index is -0.871. The van der Waals surface area contributed by atoms with Gasteiger partial charge in [0, 0.05) is 55.1 Å². The Bertz CT molecular complexity index is 2320. The normalized spacial score (nSPS) is 22.2. The van der Waals surface area contributed by atoms with Gasteiger partial charge in [-0.3, -0.25) is 14.9 Å². The molecule has 1 unspecified atom stereocenters. The van der Waals surface area contributed by atoms with Crippen molar-refractivity contribution in [3.8, 4) is 16.9 Å². The fraction of sp³-hybridized carbons (Fsp3) is 0.341. The van der Waals surface area contributed by atoms with Gasteiger partial charge in [-0.1, -0.05) is 60.7 Å². The van der Waals surface area contributed by atoms with Crippen LogP contribution in [0, 0.1) is 6.92 Å². The number of hydrogen-bond donors (Lipinski definition) is 6. The number of amides is 2. The molecule has 5 aromatic rings. The lowest BCUT2D eigenvalue weighted by atomic mass is 9.96. The Kier molecular flexibility index (Phi) is 10.1. The average Bonchev–Trinajstić information content (AvgIpc) is 3.95. The van der Waals surface area contributed by atoms with Crippen LogP contribution in [0.25, 0.3) is 22.0 Å². The summed E-state index contributed by atoms with van der Waals surface area (Å²) in [6.45, 7) is 2.67. The van der Waals surface area contributed by atoms with E-state index in [1.54, 1.807) is 12.1 Å². The second-order valence-electron chi connectivity index (χ2n) is 15.8. The van der Waals surface area contributed by atoms with Gasteiger partial charge in [0.25, 0.3) is 0 Å². The number of carbonyl (C=O) groups excluding carboxylic acids is 2. The molecule has 8 rings (SSSR count). The number of aromatic hydroxyl groups is 1. The fourth-order valence-corrected chi connectivity index (χ4v) is 8.77. The maximum absolute atomic E-state index is 13.3. The molecule has 3 aliphatic heterocycles. The molecule has 1 aromatic heterocycles. The smallest absolute Gasteiger partial charge is 0.411 e. The number of aromatic amines is 1. The number of morpholine rings is 1. The number of aryl methyl sites for hydroxylation is 2. The van der Waals surface area contributed by atoms with Gasteiger partial charge in [-0.25, -0.2) is 4.79 Å². The number of rotatable bonds is 12. The molecule has 0 radical (unpaired) electrons. The number of hydrogen-bond acceptors (Lipinski definition) is 8. The maximum atomic E-state index is 13.3. The number of quaternary nitrogens is 1. The van der Waals surface area contributed by atoms with E-state index in [1.807, 2.05) is 73.7 Å². The van der Waals surface area contributed by atoms with Crippen LogP contribution in [-0.2, 0) is 27.2 Å². The van der Waals surface area contributed by atoms with Crippen LogP contribution in [0.2, 0.25) is 0 Å². The van der Waals surface area contributed by atoms with Crippen LogP contribution in [0.15, 0.2) is 95.8 Å². The van der Waals surface area contributed by atoms with Gasteiger partial charge in [0.15, 0.2) is 0 Å². The number of piperidine rings is 1. The molecule has 290 valence electrons. The zero-order valence-electron chi connectivity index (χ0n) is 31.7. The zero-order valence-corrected chi connectivity index (χ0v) is 31.7. The number of ether oxygens (including phenoxy) is 2. The molecule has 0 aliphatic carbocycles. The Morgan fingerprint density at radius 3 is 2.41 bits per heavy atom. The lowest BCUT2D eigenvalue weighted by Crippen LogP contribution is -2.60. The number of aliphatic hydroxyl groups excluding tert-OH is 1. The Hall–Kier alpha value is -5.53. The Balaban J connectivity index is 0.856. The predicted octanol–water partition coefficient (Wildman–Crippen LogP) is 5.91. The summed E-state index contributed by atoms with van der Waals surface area (Å²) in [5.41, 5.74) is 6.55. The number of likely N-dealkylation sites (N-methyl/N-ethyl adjacent to an activating group) is 1. The van der Waals surface area contributed by atoms with E-state index >= 15 is 0 Å². The molecule has 4 aromatic carbocycles. The average molecular weight is 759 g/mol. The van der Waals surface area contributed by atoms with Crippen molar-refractivity contribution in [2.24, 2.45) is 0 Å². The van der Waals surface area contributed by atoms with Crippen LogP contribution < -0.4 is 21.5 Å². The summed E-state index contributed by atoms with van der Waals surface area (Å²) in [4.78, 5) is 40.8. The first-order valence-electron chi connectivity index (χ1n) is 19.2. The quantitative estimate of drug-likeness (QED) is 0.0676. The number of fused-ring (bicyclic) bond motifs is 6. The van der Waals surface area contributed by atoms with Gasteiger partial charge >= 0.3 is 6.09 Å². The van der Waals surface area contributed by atoms with Crippen molar-refractivity contribution >= 4 is 34.3 Å². The number of benzene rings is 4. The first-order chi connectivity index (χ1) is 26.9. The second kappa shape index (κ2) is 15.2. The third-order valence-electron chi connectivity index (χ3n) is 11.9. The molecule has 12 nitrogen and oxygen atoms in total. The topological polar surface area (TPSA) is 165 Å². The van der Waals surface area contributed by atoms with Crippen LogP contribution in [0.4, 0.5) is 16.2 Å². The molecular formula is C44H48N5O7+. The minimum Gasteiger partial charge on any atom is -0.506 e. The summed E-state index contributed by atoms with van der Waals surface area (Å²) in [6.07, 6.45) is 1.34. The molecule has 0 spiro atoms. The molecule has 3 fully saturated rings. The number of phenols is 1. The van der Waals surface area contributed by atoms with Crippen molar-refractivity contribution < 1.29 is 33.8 Å². The molecule has 2 amide bonds. The first kappa shape index (κ1) is 37.4. The molecule has 3 aliphatic rings. The first-order valence-corrected chi connectivity index (χ1v) is 19.2. The number of nitrogens with one attached hydrogen (secondary N) is 4. The minimum absolute atomic E-state index is 0.0559. The summed E-state index contributed by atoms with van der Waals surface area (Å²) in [7, 11) is 4.50. The van der Waals surface area contributed by atoms with Gasteiger partial charge in [-0.2, -0.15) is 0 Å². The van der Waals surface area contributed by atoms with Crippen LogP contribution in [0.5, 0.6) is 5.75 Å². The fourth-order valence-electron chi connectivity index (χ4n) is 8.77. The molecule has 6 atom stereocenters. The number of aliphatic hydroxyl groups is 1. The van der Waals surface area contributed by atoms with Crippen LogP contribution in [0.3, 0.4) is 0 Å². The largest absolute Gasteiger partial charge is 0.506 e. The van der Waals surface area contributed by atoms with Crippen LogP contribution in [0.1, 0.15) is 47.6 Å². The predicted molar refractivity (Wildman–Crippen MR) is 214 cm³/mol. The van der Waals surface area contributed by atoms with Gasteiger partial charge in [-0.15, -0.1) is 0 Å². The summed E-state index contributed by atoms with van der Waals surface area (Å²) in [5.74, 6) is -0.180. The Morgan fingerprint density at radius 1 is 0.911 bits per heavy atom. The monoisotopic (exact) mass is 758 g/mol. The van der Waals surface area contributed by atoms with Crippen molar-refractivity contribution in [1.29, 1.82) is 0 Å². The van der Waals surface area contributed by atoms with Gasteiger partial charge < -0.3 is 39.8 Å². The molecule has 12 heteroatoms. The van der Waals surface area contributed by atoms with E-state index < -0.39 is 12.2 Å². The standard InChI is InChI=1S/C44H47N5O7/c1-25-19-27(23-45-24-38(51)31-13-16-37(50)41-32(31)14-18-40(53)48-41)10-15-33(25)46-39(52)17-11-26-9-12-30(28-7-5-4-6-8-28)34(20-26)47-44(54)55-29-21-35-42-43(56-42)36(22-29)49(35,2)3/h4-10,12-16,18-20,29,35-36,38,42-43,45,51H,11,17,21-24H2,1-3H3,(H3-,46,47,48,50,52,53,54)/p+1/t29?,35-,36+,38-,42-,43+/m0/s1. The number of nitrogens with zero attached hydrogens (tertiary/aromatic N) is 1. The van der Waals surface area contributed by atoms with Crippen molar-refractivity contribution in [2.45, 2.75) is 75.7 Å². The highest BCUT2D eigenvalue weighted by molar-refractivity contribution is 5.93. The number of pyridine rings is 1. The zero-order chi connectivity index (χ0) is 39.1. The van der Waals surface area contributed by atoms with Gasteiger partial charge in [0.2, 0.25) is 11.5 Å². The van der Waals surface area contributed by atoms with Crippen molar-refractivity contribution in [1.82, 2.24) is 10.3 Å². The third kappa shape index (κ3) is 7.65. The van der Waals surface area contributed by atoms with E-state index in [-0.39, 0.29) is 48.5 Å². The number of aromatic nitrogens is 1. The van der Waals surface area contributed by atoms with Gasteiger partial charge in [-0.05, 0) is 65.4 Å². The third-order valence-corrected chi connectivity index (χ3v) is 11.9. The molecule has 0 saturated carbocycles. The van der Waals surface area contributed by atoms with Gasteiger partial charge in [0.1, 0.15) is 36.1 Å². The highest BCUT2D eigenvalue weighted by atomic mass is 16.6. The lowest BCUT2D eigenvalue weighted by Gasteiger charge is -2.45. The Labute approximate surface area is 325 Å². The number of carbonyl (C=O) groups is 2. The number of anilines is 2. The maximum Gasteiger partial charge on any atom is 0.411 e. The van der Waals surface area contributed by atoms with E-state index in [9.17, 15) is 24.6 Å². The Morgan fingerprint density at radius 2 is 1.66 bits per heavy atom. The summed E-state index contributed by atoms with van der Waals surface area (Å²) < 4.78 is 12.8. The highest BCUT2D eigenvalue weighted by Gasteiger charge is 2.70. The summed E-state index contributed by atoms with van der Waals surface area (Å²) in [5, 5.41) is 31.0. The number of epoxide rings is 1. The second-order valence-corrected chi connectivity index (χ2v) is 15.8. The summed E-state index contributed by atoms with van der Waals surface area (Å²) in [6, 6.07) is 28.3. The van der Waals surface area contributed by atoms with Crippen LogP contribution >= 0.6 is 0 Å². The highest BCUT2D eigenvalue weighted by Crippen LogP contribution is 2.51. The summed E-state index contributed by atoms with van der Waals surface area (Å²) >= 11 is 0. The van der Waals surface area contributed by atoms with Crippen molar-refractivity contribution in [3.05, 3.63) is 124 Å². The lowest BCUT2D eigenvalue weighted by molar-refractivity contribution is -0.938. The van der Waals surface area contributed by atoms with Gasteiger partial charge in [0.05, 0.1) is 31.4 Å². The molecule has 4 heterocycles. The van der Waals surface area contributed by atoms with Crippen molar-refractivity contribution in [2.75, 3.05) is 31.3 Å². The van der Waals surface area contributed by atoms with E-state index in [2.05, 4.69) is 35.0 Å². The van der Waals surface area contributed by atoms with E-state index in [4.69, 9.17) is 9.47 Å². The van der Waals surface area contributed by atoms with E-state index in [0.29, 0.717) is 47.2 Å². The van der Waals surface area contributed by atoms with Crippen molar-refractivity contribution in [3.63, 3.8) is 0 Å². The molecular weight excluding hydrogens is 711 g/mol. The molecule has 56 heavy (non-hydrogen) atoms. The number of H-pyrrole nitrogens is 1. The van der Waals surface area contributed by atoms with E-state index in [0.717, 1.165) is 50.8 Å². The molecule has 2 bridgehead atoms.